The number of carbonyl (C=O) groups is 2. The number of alkyl carbamates (subject to hydrolysis) is 1. The van der Waals surface area contributed by atoms with Crippen LogP contribution in [-0.2, 0) is 4.74 Å². The number of nitrogens with two attached hydrogens (primary N) is 1. The highest BCUT2D eigenvalue weighted by Crippen LogP contribution is 2.38. The minimum atomic E-state index is -1.01. The van der Waals surface area contributed by atoms with Crippen molar-refractivity contribution in [1.82, 2.24) is 34.1 Å². The van der Waals surface area contributed by atoms with E-state index in [1.807, 2.05) is 22.9 Å². The van der Waals surface area contributed by atoms with Crippen LogP contribution in [-0.4, -0.2) is 66.7 Å². The number of anilines is 1. The first-order valence-corrected chi connectivity index (χ1v) is 11.6. The monoisotopic (exact) mass is 492 g/mol. The van der Waals surface area contributed by atoms with E-state index in [9.17, 15) is 9.59 Å². The molecule has 1 aliphatic rings. The smallest absolute Gasteiger partial charge is 0.423 e. The van der Waals surface area contributed by atoms with E-state index in [4.69, 9.17) is 15.2 Å². The highest BCUT2D eigenvalue weighted by molar-refractivity contribution is 5.99. The second kappa shape index (κ2) is 8.79. The molecule has 0 spiro atoms. The number of ether oxygens (including phenoxy) is 2. The molecule has 5 heterocycles. The fourth-order valence-electron chi connectivity index (χ4n) is 4.50. The summed E-state index contributed by atoms with van der Waals surface area (Å²) >= 11 is 0. The van der Waals surface area contributed by atoms with Gasteiger partial charge in [0, 0.05) is 36.7 Å². The summed E-state index contributed by atoms with van der Waals surface area (Å²) in [4.78, 5) is 40.0. The second-order valence-corrected chi connectivity index (χ2v) is 9.84. The van der Waals surface area contributed by atoms with Gasteiger partial charge in [0.15, 0.2) is 5.65 Å². The molecule has 188 valence electrons. The number of imidazole rings is 1. The molecule has 0 radical (unpaired) electrons. The normalized spacial score (nSPS) is 16.5. The summed E-state index contributed by atoms with van der Waals surface area (Å²) in [5.41, 5.74) is 8.63. The fraction of sp³-hybridized carbons (Fsp3) is 0.375. The van der Waals surface area contributed by atoms with Gasteiger partial charge in [-0.1, -0.05) is 0 Å². The Bertz CT molecular complexity index is 1470. The topological polar surface area (TPSA) is 142 Å². The predicted octanol–water partition coefficient (Wildman–Crippen LogP) is 3.23. The van der Waals surface area contributed by atoms with E-state index in [1.54, 1.807) is 33.0 Å². The zero-order valence-corrected chi connectivity index (χ0v) is 20.6. The van der Waals surface area contributed by atoms with Gasteiger partial charge in [-0.2, -0.15) is 0 Å². The van der Waals surface area contributed by atoms with Crippen LogP contribution in [0.4, 0.5) is 15.3 Å². The van der Waals surface area contributed by atoms with Crippen molar-refractivity contribution in [1.29, 1.82) is 0 Å². The van der Waals surface area contributed by atoms with Gasteiger partial charge in [-0.3, -0.25) is 4.40 Å². The standard InChI is InChI=1S/C24H28N8O4/c1-24(2,3)36-23(34)29-22(33)35-21-18-15(17-6-5-16(25)19-26-8-10-31(17)19)12-32(20(18)27-13-28-21)14-7-9-30(4)11-14/h5-6,8,10,12-14H,7,9,11,25H2,1-4H3,(H,29,33,34). The number of nitrogens with one attached hydrogen (secondary N) is 1. The van der Waals surface area contributed by atoms with Crippen LogP contribution in [0, 0.1) is 0 Å². The van der Waals surface area contributed by atoms with Crippen molar-refractivity contribution < 1.29 is 19.1 Å². The largest absolute Gasteiger partial charge is 0.443 e. The molecule has 12 heteroatoms. The molecule has 3 N–H and O–H groups in total. The molecule has 0 bridgehead atoms. The molecule has 5 rings (SSSR count). The maximum atomic E-state index is 12.6. The molecular weight excluding hydrogens is 464 g/mol. The van der Waals surface area contributed by atoms with Crippen LogP contribution in [0.1, 0.15) is 33.2 Å². The first-order chi connectivity index (χ1) is 17.1. The van der Waals surface area contributed by atoms with Crippen molar-refractivity contribution in [2.75, 3.05) is 25.9 Å². The average molecular weight is 493 g/mol. The summed E-state index contributed by atoms with van der Waals surface area (Å²) in [6.45, 7) is 6.91. The number of nitrogens with zero attached hydrogens (tertiary/aromatic N) is 6. The maximum absolute atomic E-state index is 12.6. The van der Waals surface area contributed by atoms with Gasteiger partial charge >= 0.3 is 12.2 Å². The third kappa shape index (κ3) is 4.42. The van der Waals surface area contributed by atoms with Crippen molar-refractivity contribution in [3.63, 3.8) is 0 Å². The van der Waals surface area contributed by atoms with E-state index in [2.05, 4.69) is 36.8 Å². The van der Waals surface area contributed by atoms with Crippen LogP contribution in [0.15, 0.2) is 37.1 Å². The van der Waals surface area contributed by atoms with E-state index in [0.29, 0.717) is 22.4 Å². The Morgan fingerprint density at radius 1 is 1.14 bits per heavy atom. The molecule has 0 aliphatic carbocycles. The van der Waals surface area contributed by atoms with E-state index >= 15 is 0 Å². The number of hydrogen-bond donors (Lipinski definition) is 2. The Morgan fingerprint density at radius 3 is 2.67 bits per heavy atom. The van der Waals surface area contributed by atoms with Gasteiger partial charge in [0.2, 0.25) is 5.88 Å². The first kappa shape index (κ1) is 23.5. The molecule has 12 nitrogen and oxygen atoms in total. The highest BCUT2D eigenvalue weighted by Gasteiger charge is 2.28. The van der Waals surface area contributed by atoms with E-state index < -0.39 is 17.8 Å². The number of hydrogen-bond acceptors (Lipinski definition) is 9. The predicted molar refractivity (Wildman–Crippen MR) is 133 cm³/mol. The van der Waals surface area contributed by atoms with Crippen LogP contribution in [0.25, 0.3) is 27.9 Å². The van der Waals surface area contributed by atoms with Crippen molar-refractivity contribution in [2.24, 2.45) is 0 Å². The van der Waals surface area contributed by atoms with Crippen LogP contribution < -0.4 is 15.8 Å². The second-order valence-electron chi connectivity index (χ2n) is 9.84. The average Bonchev–Trinajstić information content (AvgIpc) is 3.51. The number of carbonyl (C=O) groups excluding carboxylic acids is 2. The lowest BCUT2D eigenvalue weighted by molar-refractivity contribution is 0.0533. The fourth-order valence-corrected chi connectivity index (χ4v) is 4.50. The number of aromatic nitrogens is 5. The number of nitrogen functional groups attached to an aromatic ring is 1. The van der Waals surface area contributed by atoms with Gasteiger partial charge in [0.05, 0.1) is 16.8 Å². The minimum Gasteiger partial charge on any atom is -0.443 e. The quantitative estimate of drug-likeness (QED) is 0.441. The van der Waals surface area contributed by atoms with Gasteiger partial charge in [-0.15, -0.1) is 0 Å². The van der Waals surface area contributed by atoms with Gasteiger partial charge in [0.25, 0.3) is 0 Å². The summed E-state index contributed by atoms with van der Waals surface area (Å²) in [5, 5.41) is 2.62. The van der Waals surface area contributed by atoms with Crippen LogP contribution in [0.2, 0.25) is 0 Å². The lowest BCUT2D eigenvalue weighted by Crippen LogP contribution is -2.38. The van der Waals surface area contributed by atoms with E-state index in [0.717, 1.165) is 30.8 Å². The third-order valence-corrected chi connectivity index (χ3v) is 5.98. The molecule has 2 amide bonds. The Balaban J connectivity index is 1.61. The van der Waals surface area contributed by atoms with Crippen molar-refractivity contribution in [3.05, 3.63) is 37.1 Å². The maximum Gasteiger partial charge on any atom is 0.423 e. The van der Waals surface area contributed by atoms with Gasteiger partial charge < -0.3 is 24.7 Å². The minimum absolute atomic E-state index is 0.0197. The molecule has 4 aromatic rings. The number of pyridine rings is 1. The van der Waals surface area contributed by atoms with E-state index in [-0.39, 0.29) is 11.9 Å². The van der Waals surface area contributed by atoms with Crippen molar-refractivity contribution in [3.8, 4) is 17.1 Å². The molecule has 0 aromatic carbocycles. The lowest BCUT2D eigenvalue weighted by Gasteiger charge is -2.19. The number of likely N-dealkylation sites (tertiary alicyclic amines) is 1. The number of amides is 2. The number of fused-ring (bicyclic) bond motifs is 2. The van der Waals surface area contributed by atoms with Crippen molar-refractivity contribution >= 4 is 34.6 Å². The molecule has 4 aromatic heterocycles. The number of imide groups is 1. The molecule has 1 unspecified atom stereocenters. The summed E-state index contributed by atoms with van der Waals surface area (Å²) in [6, 6.07) is 3.84. The van der Waals surface area contributed by atoms with Crippen LogP contribution in [0.5, 0.6) is 5.88 Å². The summed E-state index contributed by atoms with van der Waals surface area (Å²) in [6.07, 6.45) is 5.84. The molecule has 36 heavy (non-hydrogen) atoms. The first-order valence-electron chi connectivity index (χ1n) is 11.6. The number of rotatable bonds is 3. The summed E-state index contributed by atoms with van der Waals surface area (Å²) in [5.74, 6) is 0.0197. The molecule has 0 saturated carbocycles. The van der Waals surface area contributed by atoms with Gasteiger partial charge in [0.1, 0.15) is 17.6 Å². The molecule has 1 saturated heterocycles. The van der Waals surface area contributed by atoms with E-state index in [1.165, 1.54) is 6.33 Å². The Hall–Kier alpha value is -4.19. The SMILES string of the molecule is CN1CCC(n2cc(-c3ccc(N)c4nccn34)c3c(OC(=O)NC(=O)OC(C)(C)C)ncnc32)C1. The zero-order valence-electron chi connectivity index (χ0n) is 20.6. The molecule has 1 fully saturated rings. The Labute approximate surface area is 207 Å². The zero-order chi connectivity index (χ0) is 25.6. The highest BCUT2D eigenvalue weighted by atomic mass is 16.6. The van der Waals surface area contributed by atoms with Crippen LogP contribution >= 0.6 is 0 Å². The van der Waals surface area contributed by atoms with Crippen molar-refractivity contribution in [2.45, 2.75) is 38.8 Å². The Morgan fingerprint density at radius 2 is 1.94 bits per heavy atom. The molecule has 1 atom stereocenters. The summed E-state index contributed by atoms with van der Waals surface area (Å²) < 4.78 is 14.6. The summed E-state index contributed by atoms with van der Waals surface area (Å²) in [7, 11) is 2.08. The van der Waals surface area contributed by atoms with Gasteiger partial charge in [-0.05, 0) is 52.9 Å². The molecule has 1 aliphatic heterocycles. The number of likely N-dealkylation sites (N-methyl/N-ethyl adjacent to an activating group) is 1. The van der Waals surface area contributed by atoms with Gasteiger partial charge in [-0.25, -0.2) is 29.9 Å². The Kier molecular flexibility index (Phi) is 5.75. The molecular formula is C24H28N8O4. The third-order valence-electron chi connectivity index (χ3n) is 5.98. The van der Waals surface area contributed by atoms with Crippen LogP contribution in [0.3, 0.4) is 0 Å². The lowest BCUT2D eigenvalue weighted by atomic mass is 10.1.